The van der Waals surface area contributed by atoms with E-state index in [4.69, 9.17) is 0 Å². The molecule has 1 N–H and O–H groups in total. The number of nitrogens with one attached hydrogen (secondary N) is 1. The number of anilines is 1. The largest absolute Gasteiger partial charge is 0.368 e. The van der Waals surface area contributed by atoms with Gasteiger partial charge in [-0.1, -0.05) is 24.6 Å². The zero-order valence-electron chi connectivity index (χ0n) is 10.7. The summed E-state index contributed by atoms with van der Waals surface area (Å²) in [6.07, 6.45) is 4.19. The lowest BCUT2D eigenvalue weighted by atomic mass is 9.79. The van der Waals surface area contributed by atoms with Crippen molar-refractivity contribution in [2.45, 2.75) is 38.1 Å². The quantitative estimate of drug-likeness (QED) is 0.840. The standard InChI is InChI=1S/C15H22N2/c1-12-11-17(10-9-16-12)15-8-3-2-7-14(15)13-5-4-6-13/h2-3,7-8,12-13,16H,4-6,9-11H2,1H3. The van der Waals surface area contributed by atoms with E-state index in [2.05, 4.69) is 41.4 Å². The van der Waals surface area contributed by atoms with Crippen molar-refractivity contribution in [1.82, 2.24) is 5.32 Å². The molecule has 1 atom stereocenters. The Kier molecular flexibility index (Phi) is 3.06. The monoisotopic (exact) mass is 230 g/mol. The van der Waals surface area contributed by atoms with E-state index < -0.39 is 0 Å². The molecule has 2 aliphatic rings. The van der Waals surface area contributed by atoms with Gasteiger partial charge in [0, 0.05) is 31.4 Å². The van der Waals surface area contributed by atoms with Crippen LogP contribution in [0.25, 0.3) is 0 Å². The van der Waals surface area contributed by atoms with Gasteiger partial charge in [-0.05, 0) is 37.3 Å². The van der Waals surface area contributed by atoms with Crippen molar-refractivity contribution in [2.75, 3.05) is 24.5 Å². The van der Waals surface area contributed by atoms with Gasteiger partial charge in [-0.15, -0.1) is 0 Å². The second kappa shape index (κ2) is 4.69. The molecule has 3 rings (SSSR count). The summed E-state index contributed by atoms with van der Waals surface area (Å²) in [5, 5.41) is 3.52. The first-order chi connectivity index (χ1) is 8.34. The molecule has 17 heavy (non-hydrogen) atoms. The Morgan fingerprint density at radius 1 is 1.24 bits per heavy atom. The first-order valence-electron chi connectivity index (χ1n) is 6.92. The minimum Gasteiger partial charge on any atom is -0.368 e. The van der Waals surface area contributed by atoms with Crippen molar-refractivity contribution in [1.29, 1.82) is 0 Å². The normalized spacial score (nSPS) is 25.7. The summed E-state index contributed by atoms with van der Waals surface area (Å²) in [5.41, 5.74) is 3.08. The molecule has 0 amide bonds. The van der Waals surface area contributed by atoms with Crippen LogP contribution in [0.4, 0.5) is 5.69 Å². The Labute approximate surface area is 104 Å². The lowest BCUT2D eigenvalue weighted by molar-refractivity contribution is 0.417. The molecule has 0 spiro atoms. The summed E-state index contributed by atoms with van der Waals surface area (Å²) in [4.78, 5) is 2.56. The fraction of sp³-hybridized carbons (Fsp3) is 0.600. The summed E-state index contributed by atoms with van der Waals surface area (Å²) in [7, 11) is 0. The molecule has 1 saturated heterocycles. The van der Waals surface area contributed by atoms with E-state index in [1.807, 2.05) is 0 Å². The van der Waals surface area contributed by atoms with Crippen molar-refractivity contribution in [3.05, 3.63) is 29.8 Å². The molecule has 0 radical (unpaired) electrons. The Bertz CT molecular complexity index is 384. The first kappa shape index (κ1) is 11.1. The van der Waals surface area contributed by atoms with Crippen LogP contribution < -0.4 is 10.2 Å². The van der Waals surface area contributed by atoms with Gasteiger partial charge in [0.05, 0.1) is 0 Å². The van der Waals surface area contributed by atoms with Gasteiger partial charge in [0.25, 0.3) is 0 Å². The van der Waals surface area contributed by atoms with Crippen LogP contribution in [0.5, 0.6) is 0 Å². The van der Waals surface area contributed by atoms with Crippen molar-refractivity contribution >= 4 is 5.69 Å². The molecule has 1 aromatic carbocycles. The van der Waals surface area contributed by atoms with E-state index in [-0.39, 0.29) is 0 Å². The highest BCUT2D eigenvalue weighted by molar-refractivity contribution is 5.56. The minimum absolute atomic E-state index is 0.609. The van der Waals surface area contributed by atoms with Gasteiger partial charge in [-0.3, -0.25) is 0 Å². The fourth-order valence-electron chi connectivity index (χ4n) is 2.99. The molecule has 1 aliphatic heterocycles. The molecule has 1 aromatic rings. The number of benzene rings is 1. The maximum atomic E-state index is 3.52. The highest BCUT2D eigenvalue weighted by atomic mass is 15.2. The molecule has 2 fully saturated rings. The maximum absolute atomic E-state index is 3.52. The summed E-state index contributed by atoms with van der Waals surface area (Å²) in [5.74, 6) is 0.830. The van der Waals surface area contributed by atoms with Crippen molar-refractivity contribution in [3.8, 4) is 0 Å². The summed E-state index contributed by atoms with van der Waals surface area (Å²) in [6.45, 7) is 5.68. The van der Waals surface area contributed by atoms with Crippen LogP contribution in [0.15, 0.2) is 24.3 Å². The van der Waals surface area contributed by atoms with Crippen LogP contribution in [0.2, 0.25) is 0 Å². The van der Waals surface area contributed by atoms with Gasteiger partial charge < -0.3 is 10.2 Å². The van der Waals surface area contributed by atoms with Gasteiger partial charge in [0.15, 0.2) is 0 Å². The van der Waals surface area contributed by atoms with Crippen LogP contribution in [-0.4, -0.2) is 25.7 Å². The van der Waals surface area contributed by atoms with E-state index >= 15 is 0 Å². The van der Waals surface area contributed by atoms with E-state index in [0.717, 1.165) is 25.6 Å². The molecule has 1 unspecified atom stereocenters. The molecular weight excluding hydrogens is 208 g/mol. The molecule has 1 heterocycles. The molecule has 1 saturated carbocycles. The van der Waals surface area contributed by atoms with E-state index in [1.54, 1.807) is 5.56 Å². The third-order valence-corrected chi connectivity index (χ3v) is 4.19. The predicted molar refractivity (Wildman–Crippen MR) is 72.7 cm³/mol. The maximum Gasteiger partial charge on any atom is 0.0402 e. The first-order valence-corrected chi connectivity index (χ1v) is 6.92. The third kappa shape index (κ3) is 2.19. The number of nitrogens with zero attached hydrogens (tertiary/aromatic N) is 1. The van der Waals surface area contributed by atoms with Crippen LogP contribution in [-0.2, 0) is 0 Å². The van der Waals surface area contributed by atoms with E-state index in [9.17, 15) is 0 Å². The summed E-state index contributed by atoms with van der Waals surface area (Å²) in [6, 6.07) is 9.64. The van der Waals surface area contributed by atoms with Crippen LogP contribution in [0.3, 0.4) is 0 Å². The van der Waals surface area contributed by atoms with Crippen molar-refractivity contribution in [2.24, 2.45) is 0 Å². The minimum atomic E-state index is 0.609. The lowest BCUT2D eigenvalue weighted by Gasteiger charge is -2.37. The SMILES string of the molecule is CC1CN(c2ccccc2C2CCC2)CCN1. The molecule has 0 aromatic heterocycles. The van der Waals surface area contributed by atoms with Crippen molar-refractivity contribution in [3.63, 3.8) is 0 Å². The second-order valence-electron chi connectivity index (χ2n) is 5.49. The fourth-order valence-corrected chi connectivity index (χ4v) is 2.99. The molecule has 92 valence electrons. The van der Waals surface area contributed by atoms with Gasteiger partial charge in [0.1, 0.15) is 0 Å². The number of hydrogen-bond acceptors (Lipinski definition) is 2. The summed E-state index contributed by atoms with van der Waals surface area (Å²) >= 11 is 0. The zero-order valence-corrected chi connectivity index (χ0v) is 10.7. The average molecular weight is 230 g/mol. The second-order valence-corrected chi connectivity index (χ2v) is 5.49. The Hall–Kier alpha value is -1.02. The Balaban J connectivity index is 1.85. The van der Waals surface area contributed by atoms with Crippen molar-refractivity contribution < 1.29 is 0 Å². The average Bonchev–Trinajstić information content (AvgIpc) is 2.27. The highest BCUT2D eigenvalue weighted by Gasteiger charge is 2.25. The van der Waals surface area contributed by atoms with Gasteiger partial charge >= 0.3 is 0 Å². The van der Waals surface area contributed by atoms with Crippen LogP contribution in [0.1, 0.15) is 37.7 Å². The number of rotatable bonds is 2. The van der Waals surface area contributed by atoms with Gasteiger partial charge in [-0.25, -0.2) is 0 Å². The van der Waals surface area contributed by atoms with Gasteiger partial charge in [0.2, 0.25) is 0 Å². The van der Waals surface area contributed by atoms with E-state index in [0.29, 0.717) is 6.04 Å². The van der Waals surface area contributed by atoms with Gasteiger partial charge in [-0.2, -0.15) is 0 Å². The molecule has 0 bridgehead atoms. The molecular formula is C15H22N2. The van der Waals surface area contributed by atoms with Crippen LogP contribution >= 0.6 is 0 Å². The Morgan fingerprint density at radius 2 is 2.06 bits per heavy atom. The zero-order chi connectivity index (χ0) is 11.7. The number of para-hydroxylation sites is 1. The number of hydrogen-bond donors (Lipinski definition) is 1. The highest BCUT2D eigenvalue weighted by Crippen LogP contribution is 2.40. The molecule has 1 aliphatic carbocycles. The topological polar surface area (TPSA) is 15.3 Å². The molecule has 2 nitrogen and oxygen atoms in total. The third-order valence-electron chi connectivity index (χ3n) is 4.19. The predicted octanol–water partition coefficient (Wildman–Crippen LogP) is 2.75. The molecule has 2 heteroatoms. The smallest absolute Gasteiger partial charge is 0.0402 e. The summed E-state index contributed by atoms with van der Waals surface area (Å²) < 4.78 is 0. The number of piperazine rings is 1. The van der Waals surface area contributed by atoms with E-state index in [1.165, 1.54) is 24.9 Å². The lowest BCUT2D eigenvalue weighted by Crippen LogP contribution is -2.49. The Morgan fingerprint density at radius 3 is 2.76 bits per heavy atom. The van der Waals surface area contributed by atoms with Crippen LogP contribution in [0, 0.1) is 0 Å².